The molecule has 1 atom stereocenters. The summed E-state index contributed by atoms with van der Waals surface area (Å²) in [5.74, 6) is -0.507. The van der Waals surface area contributed by atoms with E-state index in [-0.39, 0.29) is 17.0 Å². The molecule has 0 aliphatic rings. The van der Waals surface area contributed by atoms with Gasteiger partial charge in [-0.2, -0.15) is 0 Å². The Bertz CT molecular complexity index is 459. The maximum absolute atomic E-state index is 11.4. The monoisotopic (exact) mass is 255 g/mol. The topological polar surface area (TPSA) is 87.9 Å². The van der Waals surface area contributed by atoms with Crippen LogP contribution in [0.3, 0.4) is 0 Å². The van der Waals surface area contributed by atoms with Crippen molar-refractivity contribution in [2.45, 2.75) is 13.2 Å². The molecule has 0 spiro atoms. The van der Waals surface area contributed by atoms with E-state index < -0.39 is 17.2 Å². The third-order valence-corrected chi connectivity index (χ3v) is 2.20. The lowest BCUT2D eigenvalue weighted by atomic mass is 10.1. The molecule has 0 radical (unpaired) electrons. The molecular formula is C11H13NO6. The van der Waals surface area contributed by atoms with Gasteiger partial charge in [-0.1, -0.05) is 0 Å². The normalized spacial score (nSPS) is 11.7. The number of nitro groups is 1. The standard InChI is InChI=1S/C11H13NO6/c1-7(16-2)18-8-4-5-10(12(14)15)9(6-8)11(13)17-3/h4-7H,1-3H3. The number of ether oxygens (including phenoxy) is 3. The van der Waals surface area contributed by atoms with Gasteiger partial charge < -0.3 is 14.2 Å². The fourth-order valence-corrected chi connectivity index (χ4v) is 1.26. The lowest BCUT2D eigenvalue weighted by Gasteiger charge is -2.13. The minimum absolute atomic E-state index is 0.164. The Labute approximate surface area is 103 Å². The Morgan fingerprint density at radius 3 is 2.56 bits per heavy atom. The summed E-state index contributed by atoms with van der Waals surface area (Å²) in [7, 11) is 2.61. The van der Waals surface area contributed by atoms with E-state index in [0.29, 0.717) is 0 Å². The molecule has 1 aromatic rings. The van der Waals surface area contributed by atoms with Crippen molar-refractivity contribution in [3.8, 4) is 5.75 Å². The number of hydrogen-bond donors (Lipinski definition) is 0. The van der Waals surface area contributed by atoms with Gasteiger partial charge >= 0.3 is 5.97 Å². The number of carbonyl (C=O) groups is 1. The van der Waals surface area contributed by atoms with Gasteiger partial charge in [0.15, 0.2) is 6.29 Å². The van der Waals surface area contributed by atoms with E-state index in [1.54, 1.807) is 6.92 Å². The molecule has 1 unspecified atom stereocenters. The molecule has 0 N–H and O–H groups in total. The Balaban J connectivity index is 3.13. The molecule has 0 aromatic heterocycles. The largest absolute Gasteiger partial charge is 0.465 e. The van der Waals surface area contributed by atoms with Crippen LogP contribution in [-0.2, 0) is 9.47 Å². The zero-order chi connectivity index (χ0) is 13.7. The highest BCUT2D eigenvalue weighted by Crippen LogP contribution is 2.25. The van der Waals surface area contributed by atoms with Gasteiger partial charge in [0.05, 0.1) is 12.0 Å². The molecule has 0 amide bonds. The maximum atomic E-state index is 11.4. The lowest BCUT2D eigenvalue weighted by molar-refractivity contribution is -0.385. The Kier molecular flexibility index (Phi) is 4.61. The first-order valence-corrected chi connectivity index (χ1v) is 5.05. The molecule has 0 aliphatic carbocycles. The molecule has 0 saturated carbocycles. The van der Waals surface area contributed by atoms with Crippen molar-refractivity contribution >= 4 is 11.7 Å². The molecule has 18 heavy (non-hydrogen) atoms. The molecule has 98 valence electrons. The van der Waals surface area contributed by atoms with Gasteiger partial charge in [0.1, 0.15) is 11.3 Å². The molecular weight excluding hydrogens is 242 g/mol. The lowest BCUT2D eigenvalue weighted by Crippen LogP contribution is -2.14. The molecule has 0 aliphatic heterocycles. The number of methoxy groups -OCH3 is 2. The highest BCUT2D eigenvalue weighted by atomic mass is 16.7. The molecule has 7 nitrogen and oxygen atoms in total. The van der Waals surface area contributed by atoms with Crippen molar-refractivity contribution in [1.82, 2.24) is 0 Å². The van der Waals surface area contributed by atoms with E-state index in [4.69, 9.17) is 9.47 Å². The Morgan fingerprint density at radius 2 is 2.06 bits per heavy atom. The second kappa shape index (κ2) is 5.97. The van der Waals surface area contributed by atoms with Crippen LogP contribution in [0.4, 0.5) is 5.69 Å². The van der Waals surface area contributed by atoms with Gasteiger partial charge in [-0.25, -0.2) is 4.79 Å². The van der Waals surface area contributed by atoms with Crippen LogP contribution in [0.5, 0.6) is 5.75 Å². The van der Waals surface area contributed by atoms with Crippen molar-refractivity contribution in [2.75, 3.05) is 14.2 Å². The minimum atomic E-state index is -0.794. The van der Waals surface area contributed by atoms with Crippen LogP contribution in [0.15, 0.2) is 18.2 Å². The van der Waals surface area contributed by atoms with E-state index in [9.17, 15) is 14.9 Å². The predicted octanol–water partition coefficient (Wildman–Crippen LogP) is 1.75. The van der Waals surface area contributed by atoms with Crippen molar-refractivity contribution in [1.29, 1.82) is 0 Å². The molecule has 0 bridgehead atoms. The fourth-order valence-electron chi connectivity index (χ4n) is 1.26. The highest BCUT2D eigenvalue weighted by molar-refractivity contribution is 5.94. The maximum Gasteiger partial charge on any atom is 0.345 e. The van der Waals surface area contributed by atoms with Gasteiger partial charge in [0.2, 0.25) is 0 Å². The summed E-state index contributed by atoms with van der Waals surface area (Å²) < 4.78 is 14.7. The second-order valence-corrected chi connectivity index (χ2v) is 3.35. The molecule has 0 heterocycles. The molecule has 0 saturated heterocycles. The van der Waals surface area contributed by atoms with Crippen LogP contribution >= 0.6 is 0 Å². The predicted molar refractivity (Wildman–Crippen MR) is 61.5 cm³/mol. The number of hydrogen-bond acceptors (Lipinski definition) is 6. The van der Waals surface area contributed by atoms with E-state index >= 15 is 0 Å². The quantitative estimate of drug-likeness (QED) is 0.344. The number of esters is 1. The third-order valence-electron chi connectivity index (χ3n) is 2.20. The molecule has 0 fully saturated rings. The van der Waals surface area contributed by atoms with Crippen molar-refractivity contribution in [3.05, 3.63) is 33.9 Å². The first-order chi connectivity index (χ1) is 8.49. The summed E-state index contributed by atoms with van der Waals surface area (Å²) in [4.78, 5) is 21.5. The summed E-state index contributed by atoms with van der Waals surface area (Å²) >= 11 is 0. The van der Waals surface area contributed by atoms with Gasteiger partial charge in [-0.15, -0.1) is 0 Å². The third kappa shape index (κ3) is 3.17. The van der Waals surface area contributed by atoms with Gasteiger partial charge in [0, 0.05) is 19.2 Å². The van der Waals surface area contributed by atoms with E-state index in [2.05, 4.69) is 4.74 Å². The van der Waals surface area contributed by atoms with Crippen LogP contribution in [0.25, 0.3) is 0 Å². The van der Waals surface area contributed by atoms with Crippen LogP contribution in [0.2, 0.25) is 0 Å². The zero-order valence-electron chi connectivity index (χ0n) is 10.2. The smallest absolute Gasteiger partial charge is 0.345 e. The van der Waals surface area contributed by atoms with Gasteiger partial charge in [-0.05, 0) is 13.0 Å². The summed E-state index contributed by atoms with van der Waals surface area (Å²) in [6, 6.07) is 3.82. The number of rotatable bonds is 5. The minimum Gasteiger partial charge on any atom is -0.465 e. The molecule has 1 aromatic carbocycles. The van der Waals surface area contributed by atoms with Gasteiger partial charge in [-0.3, -0.25) is 10.1 Å². The Morgan fingerprint density at radius 1 is 1.39 bits per heavy atom. The first kappa shape index (κ1) is 13.9. The van der Waals surface area contributed by atoms with Crippen molar-refractivity contribution in [3.63, 3.8) is 0 Å². The van der Waals surface area contributed by atoms with E-state index in [1.165, 1.54) is 25.3 Å². The summed E-state index contributed by atoms with van der Waals surface area (Å²) in [5.41, 5.74) is -0.498. The summed E-state index contributed by atoms with van der Waals surface area (Å²) in [6.45, 7) is 1.65. The van der Waals surface area contributed by atoms with Crippen LogP contribution in [0, 0.1) is 10.1 Å². The Hall–Kier alpha value is -2.15. The van der Waals surface area contributed by atoms with Gasteiger partial charge in [0.25, 0.3) is 5.69 Å². The average molecular weight is 255 g/mol. The number of carbonyl (C=O) groups excluding carboxylic acids is 1. The molecule has 1 rings (SSSR count). The van der Waals surface area contributed by atoms with Crippen molar-refractivity contribution < 1.29 is 23.9 Å². The number of nitrogens with zero attached hydrogens (tertiary/aromatic N) is 1. The molecule has 7 heteroatoms. The highest BCUT2D eigenvalue weighted by Gasteiger charge is 2.22. The number of nitro benzene ring substituents is 1. The summed E-state index contributed by atoms with van der Waals surface area (Å²) in [5, 5.41) is 10.8. The SMILES string of the molecule is COC(=O)c1cc(OC(C)OC)ccc1[N+](=O)[O-]. The average Bonchev–Trinajstić information content (AvgIpc) is 2.37. The number of benzene rings is 1. The zero-order valence-corrected chi connectivity index (χ0v) is 10.2. The first-order valence-electron chi connectivity index (χ1n) is 5.05. The van der Waals surface area contributed by atoms with Crippen molar-refractivity contribution in [2.24, 2.45) is 0 Å². The summed E-state index contributed by atoms with van der Waals surface area (Å²) in [6.07, 6.45) is -0.531. The van der Waals surface area contributed by atoms with E-state index in [1.807, 2.05) is 0 Å². The van der Waals surface area contributed by atoms with Crippen LogP contribution < -0.4 is 4.74 Å². The van der Waals surface area contributed by atoms with Crippen LogP contribution in [0.1, 0.15) is 17.3 Å². The second-order valence-electron chi connectivity index (χ2n) is 3.35. The van der Waals surface area contributed by atoms with E-state index in [0.717, 1.165) is 7.11 Å². The van der Waals surface area contributed by atoms with Crippen LogP contribution in [-0.4, -0.2) is 31.4 Å². The fraction of sp³-hybridized carbons (Fsp3) is 0.364.